The van der Waals surface area contributed by atoms with Gasteiger partial charge in [-0.05, 0) is 60.7 Å². The Hall–Kier alpha value is -3.41. The molecule has 2 aromatic rings. The van der Waals surface area contributed by atoms with Crippen molar-refractivity contribution in [1.29, 1.82) is 0 Å². The summed E-state index contributed by atoms with van der Waals surface area (Å²) >= 11 is 7.52. The van der Waals surface area contributed by atoms with Gasteiger partial charge in [-0.1, -0.05) is 23.6 Å². The molecule has 0 atom stereocenters. The van der Waals surface area contributed by atoms with Gasteiger partial charge in [0.2, 0.25) is 0 Å². The number of carbonyl (C=O) groups excluding carboxylic acids is 1. The molecular weight excluding hydrogens is 452 g/mol. The maximum absolute atomic E-state index is 12.9. The minimum atomic E-state index is -1.05. The number of aliphatic imine (C=N–C) groups is 1. The summed E-state index contributed by atoms with van der Waals surface area (Å²) in [5.74, 6) is 1.83. The number of hydrogen-bond acceptors (Lipinski definition) is 6. The molecular formula is C23H19ClN2O5S. The van der Waals surface area contributed by atoms with E-state index in [0.29, 0.717) is 44.4 Å². The Bertz CT molecular complexity index is 1170. The molecule has 164 valence electrons. The number of amides is 1. The third kappa shape index (κ3) is 5.07. The fourth-order valence-corrected chi connectivity index (χ4v) is 4.25. The van der Waals surface area contributed by atoms with Gasteiger partial charge in [0, 0.05) is 6.54 Å². The predicted molar refractivity (Wildman–Crippen MR) is 126 cm³/mol. The summed E-state index contributed by atoms with van der Waals surface area (Å²) in [6.07, 6.45) is 6.92. The topological polar surface area (TPSA) is 88.4 Å². The molecule has 0 bridgehead atoms. The van der Waals surface area contributed by atoms with Crippen molar-refractivity contribution in [2.24, 2.45) is 4.99 Å². The van der Waals surface area contributed by atoms with Crippen molar-refractivity contribution < 1.29 is 24.2 Å². The molecule has 1 fully saturated rings. The lowest BCUT2D eigenvalue weighted by Crippen LogP contribution is -2.28. The van der Waals surface area contributed by atoms with E-state index in [-0.39, 0.29) is 18.1 Å². The second-order valence-electron chi connectivity index (χ2n) is 6.44. The van der Waals surface area contributed by atoms with Crippen LogP contribution in [0.3, 0.4) is 0 Å². The first-order chi connectivity index (χ1) is 15.4. The third-order valence-corrected chi connectivity index (χ3v) is 5.66. The summed E-state index contributed by atoms with van der Waals surface area (Å²) in [6, 6.07) is 9.57. The molecule has 2 aromatic carbocycles. The molecule has 1 heterocycles. The molecule has 32 heavy (non-hydrogen) atoms. The molecule has 3 rings (SSSR count). The number of benzene rings is 2. The first kappa shape index (κ1) is 23.3. The number of carbonyl (C=O) groups is 2. The van der Waals surface area contributed by atoms with Crippen LogP contribution in [0.4, 0.5) is 5.69 Å². The number of likely N-dealkylation sites (N-methyl/N-ethyl adjacent to an activating group) is 1. The van der Waals surface area contributed by atoms with Gasteiger partial charge in [0.05, 0.1) is 28.3 Å². The van der Waals surface area contributed by atoms with Gasteiger partial charge in [-0.3, -0.25) is 9.69 Å². The van der Waals surface area contributed by atoms with E-state index in [1.54, 1.807) is 30.3 Å². The maximum atomic E-state index is 12.9. The summed E-state index contributed by atoms with van der Waals surface area (Å²) in [5.41, 5.74) is 1.20. The molecule has 0 aromatic heterocycles. The van der Waals surface area contributed by atoms with Crippen LogP contribution >= 0.6 is 23.4 Å². The monoisotopic (exact) mass is 470 g/mol. The summed E-state index contributed by atoms with van der Waals surface area (Å²) in [6.45, 7) is 2.28. The highest BCUT2D eigenvalue weighted by Crippen LogP contribution is 2.39. The lowest BCUT2D eigenvalue weighted by atomic mass is 10.1. The Morgan fingerprint density at radius 3 is 2.81 bits per heavy atom. The van der Waals surface area contributed by atoms with Gasteiger partial charge in [0.15, 0.2) is 16.7 Å². The summed E-state index contributed by atoms with van der Waals surface area (Å²) < 4.78 is 10.8. The number of methoxy groups -OCH3 is 1. The van der Waals surface area contributed by atoms with Crippen LogP contribution in [0.1, 0.15) is 22.8 Å². The Morgan fingerprint density at radius 1 is 1.38 bits per heavy atom. The van der Waals surface area contributed by atoms with Crippen molar-refractivity contribution >= 4 is 52.2 Å². The highest BCUT2D eigenvalue weighted by molar-refractivity contribution is 8.18. The van der Waals surface area contributed by atoms with E-state index in [1.165, 1.54) is 35.9 Å². The van der Waals surface area contributed by atoms with Gasteiger partial charge in [-0.15, -0.1) is 6.42 Å². The third-order valence-electron chi connectivity index (χ3n) is 4.37. The Labute approximate surface area is 194 Å². The van der Waals surface area contributed by atoms with Crippen LogP contribution in [-0.4, -0.2) is 47.3 Å². The van der Waals surface area contributed by atoms with Crippen LogP contribution in [0.5, 0.6) is 11.5 Å². The quantitative estimate of drug-likeness (QED) is 0.466. The van der Waals surface area contributed by atoms with E-state index in [2.05, 4.69) is 10.9 Å². The van der Waals surface area contributed by atoms with E-state index < -0.39 is 5.97 Å². The van der Waals surface area contributed by atoms with Crippen molar-refractivity contribution in [3.63, 3.8) is 0 Å². The lowest BCUT2D eigenvalue weighted by Gasteiger charge is -2.12. The second-order valence-corrected chi connectivity index (χ2v) is 7.85. The number of thioether (sulfide) groups is 1. The zero-order chi connectivity index (χ0) is 23.3. The molecule has 1 aliphatic heterocycles. The molecule has 1 amide bonds. The first-order valence-electron chi connectivity index (χ1n) is 9.45. The van der Waals surface area contributed by atoms with E-state index in [9.17, 15) is 14.7 Å². The number of terminal acetylenes is 1. The van der Waals surface area contributed by atoms with Crippen molar-refractivity contribution in [2.45, 2.75) is 6.92 Å². The highest BCUT2D eigenvalue weighted by atomic mass is 35.5. The molecule has 0 saturated carbocycles. The van der Waals surface area contributed by atoms with E-state index in [4.69, 9.17) is 27.5 Å². The first-order valence-corrected chi connectivity index (χ1v) is 10.6. The van der Waals surface area contributed by atoms with Crippen molar-refractivity contribution in [1.82, 2.24) is 4.90 Å². The summed E-state index contributed by atoms with van der Waals surface area (Å²) in [7, 11) is 1.48. The van der Waals surface area contributed by atoms with Crippen LogP contribution in [0.15, 0.2) is 46.3 Å². The smallest absolute Gasteiger partial charge is 0.335 e. The van der Waals surface area contributed by atoms with E-state index in [1.807, 2.05) is 6.92 Å². The van der Waals surface area contributed by atoms with Gasteiger partial charge in [0.1, 0.15) is 6.61 Å². The van der Waals surface area contributed by atoms with Gasteiger partial charge in [0.25, 0.3) is 5.91 Å². The molecule has 1 saturated heterocycles. The highest BCUT2D eigenvalue weighted by Gasteiger charge is 2.32. The zero-order valence-electron chi connectivity index (χ0n) is 17.3. The second kappa shape index (κ2) is 10.3. The number of amidine groups is 1. The Kier molecular flexibility index (Phi) is 7.46. The number of rotatable bonds is 7. The van der Waals surface area contributed by atoms with Crippen molar-refractivity contribution in [2.75, 3.05) is 20.3 Å². The number of ether oxygens (including phenoxy) is 2. The maximum Gasteiger partial charge on any atom is 0.335 e. The van der Waals surface area contributed by atoms with Crippen LogP contribution in [-0.2, 0) is 4.79 Å². The molecule has 7 nitrogen and oxygen atoms in total. The SMILES string of the molecule is C#CCOc1c(Cl)cc(/C=C2\SC(=Nc3cccc(C(=O)O)c3)N(CC)C2=O)cc1OC. The number of aromatic carboxylic acids is 1. The minimum absolute atomic E-state index is 0.0409. The van der Waals surface area contributed by atoms with Gasteiger partial charge < -0.3 is 14.6 Å². The lowest BCUT2D eigenvalue weighted by molar-refractivity contribution is -0.122. The van der Waals surface area contributed by atoms with Crippen LogP contribution < -0.4 is 9.47 Å². The fraction of sp³-hybridized carbons (Fsp3) is 0.174. The number of halogens is 1. The van der Waals surface area contributed by atoms with Gasteiger partial charge >= 0.3 is 5.97 Å². The predicted octanol–water partition coefficient (Wildman–Crippen LogP) is 4.68. The molecule has 0 unspecified atom stereocenters. The fourth-order valence-electron chi connectivity index (χ4n) is 2.92. The van der Waals surface area contributed by atoms with Crippen LogP contribution in [0.2, 0.25) is 5.02 Å². The van der Waals surface area contributed by atoms with Crippen LogP contribution in [0, 0.1) is 12.3 Å². The molecule has 0 spiro atoms. The normalized spacial score (nSPS) is 15.8. The average molecular weight is 471 g/mol. The number of carboxylic acid groups (broad SMARTS) is 1. The largest absolute Gasteiger partial charge is 0.493 e. The average Bonchev–Trinajstić information content (AvgIpc) is 3.06. The van der Waals surface area contributed by atoms with E-state index >= 15 is 0 Å². The number of carboxylic acids is 1. The summed E-state index contributed by atoms with van der Waals surface area (Å²) in [4.78, 5) is 30.6. The molecule has 9 heteroatoms. The van der Waals surface area contributed by atoms with Gasteiger partial charge in [-0.2, -0.15) is 0 Å². The Morgan fingerprint density at radius 2 is 2.16 bits per heavy atom. The molecule has 0 radical (unpaired) electrons. The van der Waals surface area contributed by atoms with Gasteiger partial charge in [-0.25, -0.2) is 9.79 Å². The molecule has 0 aliphatic carbocycles. The number of hydrogen-bond donors (Lipinski definition) is 1. The minimum Gasteiger partial charge on any atom is -0.493 e. The summed E-state index contributed by atoms with van der Waals surface area (Å²) in [5, 5.41) is 9.94. The van der Waals surface area contributed by atoms with Crippen LogP contribution in [0.25, 0.3) is 6.08 Å². The van der Waals surface area contributed by atoms with E-state index in [0.717, 1.165) is 0 Å². The van der Waals surface area contributed by atoms with Crippen molar-refractivity contribution in [3.05, 3.63) is 57.5 Å². The zero-order valence-corrected chi connectivity index (χ0v) is 18.9. The standard InChI is InChI=1S/C23H19ClN2O5S/c1-4-9-31-20-17(24)10-14(11-18(20)30-3)12-19-21(27)26(5-2)23(32-19)25-16-8-6-7-15(13-16)22(28)29/h1,6-8,10-13H,5,9H2,2-3H3,(H,28,29)/b19-12-,25-23?. The molecule has 1 aliphatic rings. The van der Waals surface area contributed by atoms with Crippen molar-refractivity contribution in [3.8, 4) is 23.8 Å². The molecule has 1 N–H and O–H groups in total. The Balaban J connectivity index is 1.95. The number of nitrogens with zero attached hydrogens (tertiary/aromatic N) is 2.